The molecular formula is C15H18FN3. The van der Waals surface area contributed by atoms with Gasteiger partial charge in [-0.1, -0.05) is 24.6 Å². The van der Waals surface area contributed by atoms with Crippen molar-refractivity contribution in [2.24, 2.45) is 0 Å². The van der Waals surface area contributed by atoms with E-state index in [1.807, 2.05) is 13.0 Å². The van der Waals surface area contributed by atoms with Gasteiger partial charge in [-0.2, -0.15) is 0 Å². The van der Waals surface area contributed by atoms with Crippen LogP contribution in [-0.2, 0) is 0 Å². The Morgan fingerprint density at radius 1 is 1.32 bits per heavy atom. The molecule has 0 spiro atoms. The number of halogens is 1. The lowest BCUT2D eigenvalue weighted by atomic mass is 10.0. The summed E-state index contributed by atoms with van der Waals surface area (Å²) in [5.74, 6) is -0.218. The van der Waals surface area contributed by atoms with Crippen molar-refractivity contribution in [2.75, 3.05) is 6.54 Å². The van der Waals surface area contributed by atoms with Gasteiger partial charge in [-0.3, -0.25) is 9.97 Å². The molecule has 4 heteroatoms. The fraction of sp³-hybridized carbons (Fsp3) is 0.333. The van der Waals surface area contributed by atoms with Gasteiger partial charge in [0.2, 0.25) is 0 Å². The molecule has 19 heavy (non-hydrogen) atoms. The summed E-state index contributed by atoms with van der Waals surface area (Å²) in [5, 5.41) is 3.33. The molecule has 0 amide bonds. The van der Waals surface area contributed by atoms with Crippen LogP contribution in [0, 0.1) is 12.7 Å². The molecule has 1 N–H and O–H groups in total. The second-order valence-electron chi connectivity index (χ2n) is 4.54. The zero-order valence-corrected chi connectivity index (χ0v) is 11.2. The third-order valence-corrected chi connectivity index (χ3v) is 2.94. The maximum absolute atomic E-state index is 14.0. The number of nitrogens with zero attached hydrogens (tertiary/aromatic N) is 2. The minimum absolute atomic E-state index is 0.218. The summed E-state index contributed by atoms with van der Waals surface area (Å²) in [6, 6.07) is 4.87. The van der Waals surface area contributed by atoms with Gasteiger partial charge in [0.1, 0.15) is 5.82 Å². The summed E-state index contributed by atoms with van der Waals surface area (Å²) >= 11 is 0. The van der Waals surface area contributed by atoms with Crippen LogP contribution < -0.4 is 5.32 Å². The Morgan fingerprint density at radius 3 is 2.84 bits per heavy atom. The van der Waals surface area contributed by atoms with Crippen molar-refractivity contribution in [3.05, 3.63) is 59.4 Å². The van der Waals surface area contributed by atoms with Gasteiger partial charge in [0, 0.05) is 18.0 Å². The zero-order valence-electron chi connectivity index (χ0n) is 11.2. The zero-order chi connectivity index (χ0) is 13.7. The lowest BCUT2D eigenvalue weighted by Crippen LogP contribution is -2.25. The molecule has 0 bridgehead atoms. The van der Waals surface area contributed by atoms with Crippen molar-refractivity contribution in [3.8, 4) is 0 Å². The number of hydrogen-bond donors (Lipinski definition) is 1. The van der Waals surface area contributed by atoms with Crippen LogP contribution in [0.3, 0.4) is 0 Å². The molecule has 2 rings (SSSR count). The topological polar surface area (TPSA) is 37.8 Å². The second-order valence-corrected chi connectivity index (χ2v) is 4.54. The summed E-state index contributed by atoms with van der Waals surface area (Å²) in [7, 11) is 0. The molecule has 0 fully saturated rings. The van der Waals surface area contributed by atoms with Gasteiger partial charge in [0.15, 0.2) is 0 Å². The van der Waals surface area contributed by atoms with E-state index in [0.29, 0.717) is 5.56 Å². The van der Waals surface area contributed by atoms with Crippen LogP contribution in [0.25, 0.3) is 0 Å². The van der Waals surface area contributed by atoms with Crippen LogP contribution in [0.15, 0.2) is 36.8 Å². The first kappa shape index (κ1) is 13.6. The average Bonchev–Trinajstić information content (AvgIpc) is 2.44. The molecule has 1 atom stereocenters. The van der Waals surface area contributed by atoms with Gasteiger partial charge in [-0.25, -0.2) is 4.39 Å². The van der Waals surface area contributed by atoms with E-state index in [-0.39, 0.29) is 11.9 Å². The quantitative estimate of drug-likeness (QED) is 0.897. The summed E-state index contributed by atoms with van der Waals surface area (Å²) in [6.07, 6.45) is 5.90. The van der Waals surface area contributed by atoms with Crippen molar-refractivity contribution in [1.82, 2.24) is 15.3 Å². The monoisotopic (exact) mass is 259 g/mol. The van der Waals surface area contributed by atoms with Crippen LogP contribution in [0.5, 0.6) is 0 Å². The maximum Gasteiger partial charge on any atom is 0.128 e. The standard InChI is InChI=1S/C15H18FN3/c1-3-6-19-15(14-10-17-7-8-18-14)12-9-11(2)4-5-13(12)16/h4-5,7-10,15,19H,3,6H2,1-2H3. The molecule has 2 aromatic rings. The van der Waals surface area contributed by atoms with Crippen LogP contribution in [-0.4, -0.2) is 16.5 Å². The lowest BCUT2D eigenvalue weighted by Gasteiger charge is -2.19. The Kier molecular flexibility index (Phi) is 4.58. The van der Waals surface area contributed by atoms with Crippen molar-refractivity contribution >= 4 is 0 Å². The van der Waals surface area contributed by atoms with E-state index >= 15 is 0 Å². The first-order valence-electron chi connectivity index (χ1n) is 6.47. The molecule has 1 aromatic heterocycles. The van der Waals surface area contributed by atoms with E-state index in [0.717, 1.165) is 24.2 Å². The molecule has 1 aromatic carbocycles. The van der Waals surface area contributed by atoms with Gasteiger partial charge in [-0.15, -0.1) is 0 Å². The van der Waals surface area contributed by atoms with E-state index in [2.05, 4.69) is 22.2 Å². The fourth-order valence-electron chi connectivity index (χ4n) is 2.01. The molecule has 100 valence electrons. The van der Waals surface area contributed by atoms with Crippen molar-refractivity contribution in [3.63, 3.8) is 0 Å². The highest BCUT2D eigenvalue weighted by atomic mass is 19.1. The van der Waals surface area contributed by atoms with Crippen LogP contribution in [0.4, 0.5) is 4.39 Å². The highest BCUT2D eigenvalue weighted by molar-refractivity contribution is 5.31. The van der Waals surface area contributed by atoms with E-state index < -0.39 is 0 Å². The van der Waals surface area contributed by atoms with Crippen molar-refractivity contribution in [1.29, 1.82) is 0 Å². The Hall–Kier alpha value is -1.81. The van der Waals surface area contributed by atoms with Crippen LogP contribution in [0.2, 0.25) is 0 Å². The Morgan fingerprint density at radius 2 is 2.16 bits per heavy atom. The summed E-state index contributed by atoms with van der Waals surface area (Å²) < 4.78 is 14.0. The summed E-state index contributed by atoms with van der Waals surface area (Å²) in [5.41, 5.74) is 2.39. The van der Waals surface area contributed by atoms with Gasteiger partial charge in [-0.05, 0) is 26.0 Å². The average molecular weight is 259 g/mol. The van der Waals surface area contributed by atoms with Gasteiger partial charge >= 0.3 is 0 Å². The molecule has 0 aliphatic rings. The second kappa shape index (κ2) is 6.38. The number of aryl methyl sites for hydroxylation is 1. The number of benzene rings is 1. The molecule has 1 heterocycles. The predicted molar refractivity (Wildman–Crippen MR) is 73.3 cm³/mol. The number of nitrogens with one attached hydrogen (secondary N) is 1. The summed E-state index contributed by atoms with van der Waals surface area (Å²) in [6.45, 7) is 4.83. The van der Waals surface area contributed by atoms with Crippen molar-refractivity contribution < 1.29 is 4.39 Å². The van der Waals surface area contributed by atoms with Crippen molar-refractivity contribution in [2.45, 2.75) is 26.3 Å². The van der Waals surface area contributed by atoms with Crippen LogP contribution in [0.1, 0.15) is 36.2 Å². The molecule has 0 saturated carbocycles. The molecule has 0 saturated heterocycles. The Labute approximate surface area is 112 Å². The van der Waals surface area contributed by atoms with Gasteiger partial charge in [0.05, 0.1) is 17.9 Å². The Balaban J connectivity index is 2.40. The van der Waals surface area contributed by atoms with E-state index in [9.17, 15) is 4.39 Å². The fourth-order valence-corrected chi connectivity index (χ4v) is 2.01. The number of hydrogen-bond acceptors (Lipinski definition) is 3. The van der Waals surface area contributed by atoms with Gasteiger partial charge in [0.25, 0.3) is 0 Å². The minimum atomic E-state index is -0.256. The molecule has 0 aliphatic carbocycles. The minimum Gasteiger partial charge on any atom is -0.305 e. The predicted octanol–water partition coefficient (Wildman–Crippen LogP) is 3.01. The highest BCUT2D eigenvalue weighted by Crippen LogP contribution is 2.23. The first-order valence-corrected chi connectivity index (χ1v) is 6.47. The largest absolute Gasteiger partial charge is 0.305 e. The van der Waals surface area contributed by atoms with E-state index in [1.165, 1.54) is 6.07 Å². The van der Waals surface area contributed by atoms with Crippen LogP contribution >= 0.6 is 0 Å². The highest BCUT2D eigenvalue weighted by Gasteiger charge is 2.18. The molecule has 0 radical (unpaired) electrons. The molecule has 0 aliphatic heterocycles. The SMILES string of the molecule is CCCNC(c1cnccn1)c1cc(C)ccc1F. The first-order chi connectivity index (χ1) is 9.22. The molecular weight excluding hydrogens is 241 g/mol. The van der Waals surface area contributed by atoms with Gasteiger partial charge < -0.3 is 5.32 Å². The smallest absolute Gasteiger partial charge is 0.128 e. The number of aromatic nitrogens is 2. The molecule has 3 nitrogen and oxygen atoms in total. The maximum atomic E-state index is 14.0. The third-order valence-electron chi connectivity index (χ3n) is 2.94. The molecule has 1 unspecified atom stereocenters. The van der Waals surface area contributed by atoms with E-state index in [1.54, 1.807) is 24.7 Å². The summed E-state index contributed by atoms with van der Waals surface area (Å²) in [4.78, 5) is 8.35. The Bertz CT molecular complexity index is 528. The van der Waals surface area contributed by atoms with E-state index in [4.69, 9.17) is 0 Å². The third kappa shape index (κ3) is 3.35. The number of rotatable bonds is 5. The lowest BCUT2D eigenvalue weighted by molar-refractivity contribution is 0.537. The normalized spacial score (nSPS) is 12.4.